The van der Waals surface area contributed by atoms with Crippen molar-refractivity contribution >= 4 is 21.7 Å². The summed E-state index contributed by atoms with van der Waals surface area (Å²) in [5.41, 5.74) is 7.05. The van der Waals surface area contributed by atoms with Gasteiger partial charge in [0.1, 0.15) is 11.9 Å². The summed E-state index contributed by atoms with van der Waals surface area (Å²) < 4.78 is 6.67. The lowest BCUT2D eigenvalue weighted by atomic mass is 10.2. The second-order valence-corrected chi connectivity index (χ2v) is 5.99. The smallest absolute Gasteiger partial charge is 0.161 e. The van der Waals surface area contributed by atoms with Gasteiger partial charge >= 0.3 is 0 Å². The summed E-state index contributed by atoms with van der Waals surface area (Å²) in [6.07, 6.45) is 2.34. The zero-order valence-electron chi connectivity index (χ0n) is 11.1. The van der Waals surface area contributed by atoms with E-state index in [1.807, 2.05) is 0 Å². The molecule has 0 aromatic carbocycles. The first-order chi connectivity index (χ1) is 9.19. The normalized spacial score (nSPS) is 24.6. The molecule has 1 atom stereocenters. The van der Waals surface area contributed by atoms with Gasteiger partial charge < -0.3 is 10.5 Å². The molecular weight excluding hydrogens is 308 g/mol. The molecule has 1 aromatic rings. The molecule has 2 aliphatic rings. The van der Waals surface area contributed by atoms with Crippen molar-refractivity contribution in [2.45, 2.75) is 31.8 Å². The number of nitrogens with two attached hydrogens (primary N) is 1. The Morgan fingerprint density at radius 1 is 1.42 bits per heavy atom. The number of likely N-dealkylation sites (N-methyl/N-ethyl adjacent to an activating group) is 1. The summed E-state index contributed by atoms with van der Waals surface area (Å²) in [6.45, 7) is 5.75. The third kappa shape index (κ3) is 2.75. The Morgan fingerprint density at radius 2 is 2.21 bits per heavy atom. The molecular formula is C13H19BrN4O. The molecule has 1 saturated heterocycles. The van der Waals surface area contributed by atoms with E-state index >= 15 is 0 Å². The van der Waals surface area contributed by atoms with Gasteiger partial charge in [-0.05, 0) is 35.3 Å². The van der Waals surface area contributed by atoms with Crippen LogP contribution in [0.5, 0.6) is 0 Å². The lowest BCUT2D eigenvalue weighted by molar-refractivity contribution is -0.0326. The third-order valence-corrected chi connectivity index (χ3v) is 4.58. The Bertz CT molecular complexity index is 478. The standard InChI is InChI=1S/C13H19BrN4O/c1-2-18-5-6-19-9(7-18)13-16-11(8-3-4-8)10(14)12(15)17-13/h8-9H,2-7H2,1H3,(H2,15,16,17). The van der Waals surface area contributed by atoms with Gasteiger partial charge in [0.05, 0.1) is 16.8 Å². The number of hydrogen-bond donors (Lipinski definition) is 1. The maximum atomic E-state index is 5.99. The van der Waals surface area contributed by atoms with Crippen LogP contribution < -0.4 is 5.73 Å². The van der Waals surface area contributed by atoms with Gasteiger partial charge in [-0.15, -0.1) is 0 Å². The van der Waals surface area contributed by atoms with Crippen LogP contribution in [0.4, 0.5) is 5.82 Å². The fourth-order valence-corrected chi connectivity index (χ4v) is 2.92. The second-order valence-electron chi connectivity index (χ2n) is 5.19. The van der Waals surface area contributed by atoms with Gasteiger partial charge in [0.15, 0.2) is 5.82 Å². The molecule has 104 valence electrons. The Kier molecular flexibility index (Phi) is 3.73. The minimum absolute atomic E-state index is 0.0541. The Labute approximate surface area is 121 Å². The van der Waals surface area contributed by atoms with E-state index in [1.165, 1.54) is 12.8 Å². The minimum Gasteiger partial charge on any atom is -0.383 e. The van der Waals surface area contributed by atoms with Gasteiger partial charge in [-0.1, -0.05) is 6.92 Å². The number of nitrogens with zero attached hydrogens (tertiary/aromatic N) is 3. The van der Waals surface area contributed by atoms with Crippen LogP contribution in [0.1, 0.15) is 43.3 Å². The maximum Gasteiger partial charge on any atom is 0.161 e. The molecule has 1 aromatic heterocycles. The molecule has 3 rings (SSSR count). The van der Waals surface area contributed by atoms with Crippen LogP contribution in [0.15, 0.2) is 4.47 Å². The van der Waals surface area contributed by atoms with Crippen molar-refractivity contribution in [1.29, 1.82) is 0 Å². The van der Waals surface area contributed by atoms with E-state index in [-0.39, 0.29) is 6.10 Å². The van der Waals surface area contributed by atoms with E-state index in [9.17, 15) is 0 Å². The van der Waals surface area contributed by atoms with Gasteiger partial charge in [0.25, 0.3) is 0 Å². The summed E-state index contributed by atoms with van der Waals surface area (Å²) in [4.78, 5) is 11.5. The number of morpholine rings is 1. The van der Waals surface area contributed by atoms with Crippen molar-refractivity contribution in [3.63, 3.8) is 0 Å². The SMILES string of the molecule is CCN1CCOC(c2nc(N)c(Br)c(C3CC3)n2)C1. The van der Waals surface area contributed by atoms with E-state index < -0.39 is 0 Å². The highest BCUT2D eigenvalue weighted by Crippen LogP contribution is 2.43. The Hall–Kier alpha value is -0.720. The first-order valence-electron chi connectivity index (χ1n) is 6.85. The number of anilines is 1. The topological polar surface area (TPSA) is 64.3 Å². The van der Waals surface area contributed by atoms with Gasteiger partial charge in [0.2, 0.25) is 0 Å². The predicted octanol–water partition coefficient (Wildman–Crippen LogP) is 2.09. The molecule has 6 heteroatoms. The molecule has 2 fully saturated rings. The van der Waals surface area contributed by atoms with E-state index in [0.717, 1.165) is 42.2 Å². The molecule has 1 aliphatic carbocycles. The zero-order valence-corrected chi connectivity index (χ0v) is 12.7. The van der Waals surface area contributed by atoms with Crippen molar-refractivity contribution in [3.8, 4) is 0 Å². The summed E-state index contributed by atoms with van der Waals surface area (Å²) in [5, 5.41) is 0. The molecule has 1 aliphatic heterocycles. The summed E-state index contributed by atoms with van der Waals surface area (Å²) >= 11 is 3.50. The number of rotatable bonds is 3. The number of hydrogen-bond acceptors (Lipinski definition) is 5. The molecule has 1 unspecified atom stereocenters. The lowest BCUT2D eigenvalue weighted by Crippen LogP contribution is -2.38. The molecule has 19 heavy (non-hydrogen) atoms. The van der Waals surface area contributed by atoms with Crippen molar-refractivity contribution in [3.05, 3.63) is 16.0 Å². The van der Waals surface area contributed by atoms with Gasteiger partial charge in [-0.25, -0.2) is 9.97 Å². The fraction of sp³-hybridized carbons (Fsp3) is 0.692. The summed E-state index contributed by atoms with van der Waals surface area (Å²) in [7, 11) is 0. The van der Waals surface area contributed by atoms with Gasteiger partial charge in [-0.2, -0.15) is 0 Å². The number of halogens is 1. The van der Waals surface area contributed by atoms with Crippen LogP contribution in [0, 0.1) is 0 Å². The molecule has 0 spiro atoms. The minimum atomic E-state index is -0.0541. The molecule has 2 heterocycles. The molecule has 1 saturated carbocycles. The highest BCUT2D eigenvalue weighted by molar-refractivity contribution is 9.10. The monoisotopic (exact) mass is 326 g/mol. The van der Waals surface area contributed by atoms with Crippen LogP contribution >= 0.6 is 15.9 Å². The van der Waals surface area contributed by atoms with Crippen molar-refractivity contribution in [2.75, 3.05) is 32.0 Å². The summed E-state index contributed by atoms with van der Waals surface area (Å²) in [5.74, 6) is 1.81. The first-order valence-corrected chi connectivity index (χ1v) is 7.65. The van der Waals surface area contributed by atoms with Crippen molar-refractivity contribution < 1.29 is 4.74 Å². The molecule has 0 amide bonds. The van der Waals surface area contributed by atoms with E-state index in [0.29, 0.717) is 11.7 Å². The third-order valence-electron chi connectivity index (χ3n) is 3.77. The van der Waals surface area contributed by atoms with E-state index in [1.54, 1.807) is 0 Å². The van der Waals surface area contributed by atoms with Crippen molar-refractivity contribution in [1.82, 2.24) is 14.9 Å². The van der Waals surface area contributed by atoms with Crippen LogP contribution in [0.25, 0.3) is 0 Å². The average Bonchev–Trinajstić information content (AvgIpc) is 3.26. The number of nitrogen functional groups attached to an aromatic ring is 1. The average molecular weight is 327 g/mol. The Balaban J connectivity index is 1.87. The lowest BCUT2D eigenvalue weighted by Gasteiger charge is -2.31. The molecule has 5 nitrogen and oxygen atoms in total. The number of aromatic nitrogens is 2. The predicted molar refractivity (Wildman–Crippen MR) is 76.9 cm³/mol. The highest BCUT2D eigenvalue weighted by Gasteiger charge is 2.31. The fourth-order valence-electron chi connectivity index (χ4n) is 2.42. The van der Waals surface area contributed by atoms with Crippen LogP contribution in [-0.4, -0.2) is 41.1 Å². The molecule has 0 bridgehead atoms. The maximum absolute atomic E-state index is 5.99. The summed E-state index contributed by atoms with van der Waals surface area (Å²) in [6, 6.07) is 0. The highest BCUT2D eigenvalue weighted by atomic mass is 79.9. The largest absolute Gasteiger partial charge is 0.383 e. The van der Waals surface area contributed by atoms with Crippen molar-refractivity contribution in [2.24, 2.45) is 0 Å². The van der Waals surface area contributed by atoms with E-state index in [2.05, 4.69) is 32.7 Å². The first kappa shape index (κ1) is 13.3. The number of ether oxygens (including phenoxy) is 1. The van der Waals surface area contributed by atoms with Crippen LogP contribution in [0.3, 0.4) is 0 Å². The zero-order chi connectivity index (χ0) is 13.4. The molecule has 2 N–H and O–H groups in total. The van der Waals surface area contributed by atoms with Crippen LogP contribution in [-0.2, 0) is 4.74 Å². The Morgan fingerprint density at radius 3 is 2.89 bits per heavy atom. The van der Waals surface area contributed by atoms with E-state index in [4.69, 9.17) is 15.5 Å². The van der Waals surface area contributed by atoms with Gasteiger partial charge in [0, 0.05) is 19.0 Å². The second kappa shape index (κ2) is 5.34. The van der Waals surface area contributed by atoms with Crippen LogP contribution in [0.2, 0.25) is 0 Å². The molecule has 0 radical (unpaired) electrons. The quantitative estimate of drug-likeness (QED) is 0.921. The van der Waals surface area contributed by atoms with Gasteiger partial charge in [-0.3, -0.25) is 4.90 Å².